The summed E-state index contributed by atoms with van der Waals surface area (Å²) in [7, 11) is 1.63. The highest BCUT2D eigenvalue weighted by Gasteiger charge is 2.26. The number of aromatic carboxylic acids is 1. The molecule has 3 rings (SSSR count). The molecule has 0 atom stereocenters. The normalized spacial score (nSPS) is 11.0. The molecule has 0 aliphatic carbocycles. The standard InChI is InChI=1S/C15H10BrF2N3O2/c1-20-7-19-13-11(20)6-8(15(22)23)14(12(13)18)21(16)10-5-3-2-4-9(10)17/h2-7H,1H3,(H,22,23). The lowest BCUT2D eigenvalue weighted by atomic mass is 10.1. The monoisotopic (exact) mass is 381 g/mol. The molecule has 0 spiro atoms. The van der Waals surface area contributed by atoms with Gasteiger partial charge in [0.2, 0.25) is 0 Å². The number of rotatable bonds is 3. The maximum absolute atomic E-state index is 14.8. The summed E-state index contributed by atoms with van der Waals surface area (Å²) in [5, 5.41) is 9.41. The van der Waals surface area contributed by atoms with Gasteiger partial charge >= 0.3 is 5.97 Å². The minimum absolute atomic E-state index is 0.00768. The number of fused-ring (bicyclic) bond motifs is 1. The zero-order valence-electron chi connectivity index (χ0n) is 11.8. The molecule has 0 saturated carbocycles. The molecule has 3 aromatic rings. The van der Waals surface area contributed by atoms with Crippen LogP contribution < -0.4 is 3.93 Å². The van der Waals surface area contributed by atoms with Crippen LogP contribution in [0.3, 0.4) is 0 Å². The van der Waals surface area contributed by atoms with E-state index in [0.717, 1.165) is 3.93 Å². The van der Waals surface area contributed by atoms with Gasteiger partial charge in [0.25, 0.3) is 0 Å². The summed E-state index contributed by atoms with van der Waals surface area (Å²) >= 11 is 3.06. The van der Waals surface area contributed by atoms with Gasteiger partial charge in [0, 0.05) is 7.05 Å². The summed E-state index contributed by atoms with van der Waals surface area (Å²) in [5.41, 5.74) is -0.289. The van der Waals surface area contributed by atoms with E-state index in [1.165, 1.54) is 35.2 Å². The fourth-order valence-electron chi connectivity index (χ4n) is 2.30. The number of hydrogen-bond acceptors (Lipinski definition) is 3. The smallest absolute Gasteiger partial charge is 0.338 e. The topological polar surface area (TPSA) is 58.4 Å². The Morgan fingerprint density at radius 2 is 2.04 bits per heavy atom. The fourth-order valence-corrected chi connectivity index (χ4v) is 2.94. The fraction of sp³-hybridized carbons (Fsp3) is 0.0667. The van der Waals surface area contributed by atoms with Crippen LogP contribution in [0, 0.1) is 11.6 Å². The van der Waals surface area contributed by atoms with Crippen LogP contribution in [-0.2, 0) is 7.05 Å². The van der Waals surface area contributed by atoms with Crippen LogP contribution in [0.1, 0.15) is 10.4 Å². The number of anilines is 2. The Bertz CT molecular complexity index is 926. The summed E-state index contributed by atoms with van der Waals surface area (Å²) in [6.07, 6.45) is 1.38. The van der Waals surface area contributed by atoms with Crippen LogP contribution in [-0.4, -0.2) is 20.6 Å². The molecular formula is C15H10BrF2N3O2. The molecule has 23 heavy (non-hydrogen) atoms. The summed E-state index contributed by atoms with van der Waals surface area (Å²) < 4.78 is 31.3. The Morgan fingerprint density at radius 1 is 1.35 bits per heavy atom. The van der Waals surface area contributed by atoms with Gasteiger partial charge in [-0.25, -0.2) is 18.6 Å². The predicted molar refractivity (Wildman–Crippen MR) is 85.1 cm³/mol. The number of carbonyl (C=O) groups is 1. The van der Waals surface area contributed by atoms with Crippen LogP contribution in [0.15, 0.2) is 36.7 Å². The number of nitrogens with zero attached hydrogens (tertiary/aromatic N) is 3. The molecule has 5 nitrogen and oxygen atoms in total. The molecular weight excluding hydrogens is 372 g/mol. The van der Waals surface area contributed by atoms with Crippen molar-refractivity contribution in [1.29, 1.82) is 0 Å². The molecule has 1 aromatic heterocycles. The molecule has 0 radical (unpaired) electrons. The first kappa shape index (κ1) is 15.4. The van der Waals surface area contributed by atoms with E-state index < -0.39 is 17.6 Å². The number of carboxylic acids is 1. The van der Waals surface area contributed by atoms with Crippen LogP contribution in [0.4, 0.5) is 20.2 Å². The van der Waals surface area contributed by atoms with Gasteiger partial charge in [-0.3, -0.25) is 3.93 Å². The Morgan fingerprint density at radius 3 is 2.70 bits per heavy atom. The first-order valence-electron chi connectivity index (χ1n) is 6.49. The number of para-hydroxylation sites is 1. The van der Waals surface area contributed by atoms with Crippen molar-refractivity contribution in [1.82, 2.24) is 9.55 Å². The highest BCUT2D eigenvalue weighted by Crippen LogP contribution is 2.38. The Kier molecular flexibility index (Phi) is 3.77. The van der Waals surface area contributed by atoms with Crippen molar-refractivity contribution in [3.05, 3.63) is 53.9 Å². The molecule has 0 amide bonds. The van der Waals surface area contributed by atoms with E-state index in [4.69, 9.17) is 0 Å². The van der Waals surface area contributed by atoms with E-state index in [1.807, 2.05) is 0 Å². The second-order valence-electron chi connectivity index (χ2n) is 4.85. The molecule has 1 heterocycles. The first-order chi connectivity index (χ1) is 10.9. The maximum atomic E-state index is 14.8. The second-order valence-corrected chi connectivity index (χ2v) is 5.56. The van der Waals surface area contributed by atoms with E-state index >= 15 is 0 Å². The predicted octanol–water partition coefficient (Wildman–Crippen LogP) is 4.00. The summed E-state index contributed by atoms with van der Waals surface area (Å²) in [6, 6.07) is 6.94. The third-order valence-corrected chi connectivity index (χ3v) is 4.16. The van der Waals surface area contributed by atoms with Crippen molar-refractivity contribution >= 4 is 44.5 Å². The Balaban J connectivity index is 2.31. The van der Waals surface area contributed by atoms with E-state index in [2.05, 4.69) is 21.1 Å². The average Bonchev–Trinajstić information content (AvgIpc) is 2.88. The minimum Gasteiger partial charge on any atom is -0.478 e. The quantitative estimate of drug-likeness (QED) is 0.696. The summed E-state index contributed by atoms with van der Waals surface area (Å²) in [5.74, 6) is -2.80. The lowest BCUT2D eigenvalue weighted by Crippen LogP contribution is -2.12. The first-order valence-corrected chi connectivity index (χ1v) is 7.20. The van der Waals surface area contributed by atoms with Crippen molar-refractivity contribution in [3.8, 4) is 0 Å². The molecule has 0 unspecified atom stereocenters. The van der Waals surface area contributed by atoms with Crippen molar-refractivity contribution in [2.24, 2.45) is 7.05 Å². The van der Waals surface area contributed by atoms with Gasteiger partial charge in [-0.05, 0) is 18.2 Å². The molecule has 1 N–H and O–H groups in total. The van der Waals surface area contributed by atoms with Gasteiger partial charge in [0.05, 0.1) is 39.2 Å². The van der Waals surface area contributed by atoms with Gasteiger partial charge in [-0.2, -0.15) is 0 Å². The molecule has 8 heteroatoms. The van der Waals surface area contributed by atoms with E-state index in [9.17, 15) is 18.7 Å². The molecule has 0 bridgehead atoms. The Labute approximate surface area is 138 Å². The zero-order valence-corrected chi connectivity index (χ0v) is 13.4. The largest absolute Gasteiger partial charge is 0.478 e. The number of halogens is 3. The summed E-state index contributed by atoms with van der Waals surface area (Å²) in [4.78, 5) is 15.5. The van der Waals surface area contributed by atoms with Crippen LogP contribution in [0.25, 0.3) is 11.0 Å². The molecule has 118 valence electrons. The highest BCUT2D eigenvalue weighted by atomic mass is 79.9. The number of aromatic nitrogens is 2. The van der Waals surface area contributed by atoms with E-state index in [-0.39, 0.29) is 22.5 Å². The van der Waals surface area contributed by atoms with Gasteiger partial charge < -0.3 is 9.67 Å². The number of carboxylic acid groups (broad SMARTS) is 1. The van der Waals surface area contributed by atoms with Gasteiger partial charge in [0.1, 0.15) is 17.0 Å². The average molecular weight is 382 g/mol. The van der Waals surface area contributed by atoms with Crippen molar-refractivity contribution in [2.75, 3.05) is 3.93 Å². The van der Waals surface area contributed by atoms with Crippen LogP contribution in [0.2, 0.25) is 0 Å². The van der Waals surface area contributed by atoms with E-state index in [0.29, 0.717) is 5.52 Å². The summed E-state index contributed by atoms with van der Waals surface area (Å²) in [6.45, 7) is 0. The van der Waals surface area contributed by atoms with Crippen LogP contribution >= 0.6 is 16.1 Å². The molecule has 2 aromatic carbocycles. The number of hydrogen-bond donors (Lipinski definition) is 1. The van der Waals surface area contributed by atoms with Gasteiger partial charge in [0.15, 0.2) is 5.82 Å². The second kappa shape index (κ2) is 5.62. The molecule has 0 aliphatic rings. The van der Waals surface area contributed by atoms with Crippen molar-refractivity contribution < 1.29 is 18.7 Å². The zero-order chi connectivity index (χ0) is 16.7. The molecule has 0 saturated heterocycles. The third-order valence-electron chi connectivity index (χ3n) is 3.43. The Hall–Kier alpha value is -2.48. The number of aryl methyl sites for hydroxylation is 1. The highest BCUT2D eigenvalue weighted by molar-refractivity contribution is 9.10. The minimum atomic E-state index is -1.33. The van der Waals surface area contributed by atoms with Crippen molar-refractivity contribution in [2.45, 2.75) is 0 Å². The third kappa shape index (κ3) is 2.44. The van der Waals surface area contributed by atoms with E-state index in [1.54, 1.807) is 13.1 Å². The number of imidazole rings is 1. The molecule has 0 aliphatic heterocycles. The van der Waals surface area contributed by atoms with Crippen molar-refractivity contribution in [3.63, 3.8) is 0 Å². The maximum Gasteiger partial charge on any atom is 0.338 e. The lowest BCUT2D eigenvalue weighted by Gasteiger charge is -2.20. The molecule has 0 fully saturated rings. The number of benzene rings is 2. The van der Waals surface area contributed by atoms with Gasteiger partial charge in [-0.15, -0.1) is 0 Å². The lowest BCUT2D eigenvalue weighted by molar-refractivity contribution is 0.0697. The SMILES string of the molecule is Cn1cnc2c(F)c(N(Br)c3ccccc3F)c(C(=O)O)cc21. The van der Waals surface area contributed by atoms with Crippen LogP contribution in [0.5, 0.6) is 0 Å². The van der Waals surface area contributed by atoms with Gasteiger partial charge in [-0.1, -0.05) is 12.1 Å².